The maximum atomic E-state index is 13.2. The molecular weight excluding hydrogens is 360 g/mol. The number of carbonyl (C=O) groups is 1. The third-order valence-electron chi connectivity index (χ3n) is 6.33. The molecule has 0 saturated carbocycles. The molecule has 1 aromatic carbocycles. The van der Waals surface area contributed by atoms with Gasteiger partial charge in [-0.1, -0.05) is 35.9 Å². The van der Waals surface area contributed by atoms with Gasteiger partial charge in [-0.25, -0.2) is 4.98 Å². The predicted molar refractivity (Wildman–Crippen MR) is 117 cm³/mol. The highest BCUT2D eigenvalue weighted by Gasteiger charge is 2.44. The topological polar surface area (TPSA) is 39.7 Å². The first-order chi connectivity index (χ1) is 13.8. The van der Waals surface area contributed by atoms with Crippen molar-refractivity contribution >= 4 is 11.7 Å². The molecule has 1 aromatic heterocycles. The third-order valence-corrected chi connectivity index (χ3v) is 6.33. The summed E-state index contributed by atoms with van der Waals surface area (Å²) in [5.41, 5.74) is 3.56. The molecular formula is C24H32N4O. The van der Waals surface area contributed by atoms with Crippen LogP contribution in [0.15, 0.2) is 42.6 Å². The fraction of sp³-hybridized carbons (Fsp3) is 0.500. The summed E-state index contributed by atoms with van der Waals surface area (Å²) in [4.78, 5) is 24.6. The molecule has 1 unspecified atom stereocenters. The van der Waals surface area contributed by atoms with Crippen LogP contribution in [-0.2, 0) is 11.3 Å². The van der Waals surface area contributed by atoms with Crippen LogP contribution < -0.4 is 4.90 Å². The average Bonchev–Trinajstić information content (AvgIpc) is 3.03. The molecule has 5 heteroatoms. The number of likely N-dealkylation sites (tertiary alicyclic amines) is 1. The van der Waals surface area contributed by atoms with Gasteiger partial charge in [0.25, 0.3) is 0 Å². The van der Waals surface area contributed by atoms with Crippen LogP contribution in [0.3, 0.4) is 0 Å². The maximum Gasteiger partial charge on any atom is 0.240 e. The first kappa shape index (κ1) is 19.9. The summed E-state index contributed by atoms with van der Waals surface area (Å²) < 4.78 is 0. The van der Waals surface area contributed by atoms with Gasteiger partial charge in [0.05, 0.1) is 6.04 Å². The summed E-state index contributed by atoms with van der Waals surface area (Å²) in [7, 11) is 0. The molecule has 0 aliphatic carbocycles. The molecule has 0 spiro atoms. The summed E-state index contributed by atoms with van der Waals surface area (Å²) in [6.07, 6.45) is 2.84. The smallest absolute Gasteiger partial charge is 0.240 e. The highest BCUT2D eigenvalue weighted by Crippen LogP contribution is 2.31. The zero-order chi connectivity index (χ0) is 20.6. The highest BCUT2D eigenvalue weighted by atomic mass is 16.2. The monoisotopic (exact) mass is 392 g/mol. The molecule has 2 aliphatic rings. The van der Waals surface area contributed by atoms with E-state index in [1.807, 2.05) is 11.1 Å². The molecule has 0 radical (unpaired) electrons. The van der Waals surface area contributed by atoms with E-state index in [-0.39, 0.29) is 17.5 Å². The third kappa shape index (κ3) is 4.15. The van der Waals surface area contributed by atoms with Crippen molar-refractivity contribution in [3.05, 3.63) is 59.3 Å². The largest absolute Gasteiger partial charge is 0.354 e. The van der Waals surface area contributed by atoms with E-state index in [2.05, 4.69) is 78.9 Å². The number of nitrogens with zero attached hydrogens (tertiary/aromatic N) is 4. The molecule has 5 nitrogen and oxygen atoms in total. The minimum Gasteiger partial charge on any atom is -0.354 e. The highest BCUT2D eigenvalue weighted by molar-refractivity contribution is 5.84. The van der Waals surface area contributed by atoms with Gasteiger partial charge in [-0.05, 0) is 51.3 Å². The summed E-state index contributed by atoms with van der Waals surface area (Å²) in [5.74, 6) is 1.31. The second kappa shape index (κ2) is 7.79. The van der Waals surface area contributed by atoms with Gasteiger partial charge in [0.15, 0.2) is 0 Å². The molecule has 4 rings (SSSR count). The quantitative estimate of drug-likeness (QED) is 0.800. The van der Waals surface area contributed by atoms with Crippen LogP contribution in [0.5, 0.6) is 0 Å². The Bertz CT molecular complexity index is 859. The van der Waals surface area contributed by atoms with E-state index in [0.717, 1.165) is 38.4 Å². The minimum atomic E-state index is -0.0784. The Kier molecular flexibility index (Phi) is 5.34. The number of anilines is 1. The van der Waals surface area contributed by atoms with Gasteiger partial charge in [-0.3, -0.25) is 9.69 Å². The van der Waals surface area contributed by atoms with Crippen LogP contribution >= 0.6 is 0 Å². The van der Waals surface area contributed by atoms with Crippen LogP contribution in [0, 0.1) is 13.8 Å². The van der Waals surface area contributed by atoms with E-state index in [1.165, 1.54) is 16.7 Å². The zero-order valence-electron chi connectivity index (χ0n) is 18.1. The van der Waals surface area contributed by atoms with Gasteiger partial charge >= 0.3 is 0 Å². The lowest BCUT2D eigenvalue weighted by Gasteiger charge is -2.49. The van der Waals surface area contributed by atoms with Crippen LogP contribution in [-0.4, -0.2) is 58.5 Å². The second-order valence-corrected chi connectivity index (χ2v) is 9.17. The van der Waals surface area contributed by atoms with Crippen molar-refractivity contribution in [1.29, 1.82) is 0 Å². The number of amides is 1. The van der Waals surface area contributed by atoms with Crippen LogP contribution in [0.25, 0.3) is 0 Å². The van der Waals surface area contributed by atoms with Crippen LogP contribution in [0.4, 0.5) is 5.82 Å². The molecule has 0 bridgehead atoms. The molecule has 154 valence electrons. The number of hydrogen-bond acceptors (Lipinski definition) is 4. The van der Waals surface area contributed by atoms with Crippen molar-refractivity contribution in [2.45, 2.75) is 52.2 Å². The fourth-order valence-corrected chi connectivity index (χ4v) is 4.67. The zero-order valence-corrected chi connectivity index (χ0v) is 18.1. The van der Waals surface area contributed by atoms with E-state index >= 15 is 0 Å². The summed E-state index contributed by atoms with van der Waals surface area (Å²) in [6.45, 7) is 12.9. The minimum absolute atomic E-state index is 0.0106. The Morgan fingerprint density at radius 2 is 1.72 bits per heavy atom. The van der Waals surface area contributed by atoms with Crippen LogP contribution in [0.2, 0.25) is 0 Å². The average molecular weight is 393 g/mol. The van der Waals surface area contributed by atoms with Crippen molar-refractivity contribution in [3.8, 4) is 0 Å². The van der Waals surface area contributed by atoms with Crippen molar-refractivity contribution in [3.63, 3.8) is 0 Å². The Morgan fingerprint density at radius 3 is 2.38 bits per heavy atom. The standard InChI is InChI=1S/C24H32N4O/c1-18-5-8-20(9-6-18)16-26-12-11-21(23(26)29)28-14-13-27(17-24(28,3)4)22-10-7-19(2)15-25-22/h5-10,15,21H,11-14,16-17H2,1-4H3. The maximum absolute atomic E-state index is 13.2. The molecule has 0 N–H and O–H groups in total. The molecule has 2 aliphatic heterocycles. The van der Waals surface area contributed by atoms with E-state index in [9.17, 15) is 4.79 Å². The number of rotatable bonds is 4. The number of aromatic nitrogens is 1. The van der Waals surface area contributed by atoms with E-state index in [0.29, 0.717) is 6.54 Å². The number of carbonyl (C=O) groups excluding carboxylic acids is 1. The number of benzene rings is 1. The second-order valence-electron chi connectivity index (χ2n) is 9.17. The van der Waals surface area contributed by atoms with Crippen molar-refractivity contribution in [1.82, 2.24) is 14.8 Å². The lowest BCUT2D eigenvalue weighted by Crippen LogP contribution is -2.63. The normalized spacial score (nSPS) is 22.3. The molecule has 2 saturated heterocycles. The Labute approximate surface area is 174 Å². The van der Waals surface area contributed by atoms with Gasteiger partial charge in [0.2, 0.25) is 5.91 Å². The number of pyridine rings is 1. The summed E-state index contributed by atoms with van der Waals surface area (Å²) in [6, 6.07) is 12.7. The SMILES string of the molecule is Cc1ccc(CN2CCC(N3CCN(c4ccc(C)cn4)CC3(C)C)C2=O)cc1. The van der Waals surface area contributed by atoms with Crippen LogP contribution in [0.1, 0.15) is 37.0 Å². The molecule has 1 atom stereocenters. The first-order valence-electron chi connectivity index (χ1n) is 10.6. The first-order valence-corrected chi connectivity index (χ1v) is 10.6. The Balaban J connectivity index is 1.42. The van der Waals surface area contributed by atoms with Crippen molar-refractivity contribution < 1.29 is 4.79 Å². The Hall–Kier alpha value is -2.40. The Morgan fingerprint density at radius 1 is 1.00 bits per heavy atom. The van der Waals surface area contributed by atoms with Crippen molar-refractivity contribution in [2.75, 3.05) is 31.1 Å². The number of aryl methyl sites for hydroxylation is 2. The fourth-order valence-electron chi connectivity index (χ4n) is 4.67. The lowest BCUT2D eigenvalue weighted by molar-refractivity contribution is -0.134. The number of piperazine rings is 1. The van der Waals surface area contributed by atoms with Gasteiger partial charge < -0.3 is 9.80 Å². The summed E-state index contributed by atoms with van der Waals surface area (Å²) >= 11 is 0. The van der Waals surface area contributed by atoms with Crippen molar-refractivity contribution in [2.24, 2.45) is 0 Å². The predicted octanol–water partition coefficient (Wildman–Crippen LogP) is 3.40. The van der Waals surface area contributed by atoms with E-state index in [1.54, 1.807) is 0 Å². The molecule has 1 amide bonds. The van der Waals surface area contributed by atoms with Gasteiger partial charge in [0, 0.05) is 44.5 Å². The van der Waals surface area contributed by atoms with E-state index in [4.69, 9.17) is 0 Å². The number of hydrogen-bond donors (Lipinski definition) is 0. The van der Waals surface area contributed by atoms with Gasteiger partial charge in [0.1, 0.15) is 5.82 Å². The van der Waals surface area contributed by atoms with E-state index < -0.39 is 0 Å². The molecule has 2 aromatic rings. The lowest BCUT2D eigenvalue weighted by atomic mass is 9.95. The van der Waals surface area contributed by atoms with Gasteiger partial charge in [-0.2, -0.15) is 0 Å². The molecule has 29 heavy (non-hydrogen) atoms. The summed E-state index contributed by atoms with van der Waals surface area (Å²) in [5, 5.41) is 0. The molecule has 2 fully saturated rings. The van der Waals surface area contributed by atoms with Gasteiger partial charge in [-0.15, -0.1) is 0 Å². The molecule has 3 heterocycles.